The summed E-state index contributed by atoms with van der Waals surface area (Å²) in [7, 11) is 1.30. The van der Waals surface area contributed by atoms with Crippen LogP contribution in [0.3, 0.4) is 0 Å². The lowest BCUT2D eigenvalue weighted by Gasteiger charge is -2.23. The minimum absolute atomic E-state index is 0.243. The number of rotatable bonds is 10. The van der Waals surface area contributed by atoms with E-state index in [-0.39, 0.29) is 11.1 Å². The number of ether oxygens (including phenoxy) is 4. The van der Waals surface area contributed by atoms with E-state index >= 15 is 0 Å². The summed E-state index contributed by atoms with van der Waals surface area (Å²) in [5.74, 6) is 1.22. The molecule has 3 aromatic rings. The third kappa shape index (κ3) is 5.51. The monoisotopic (exact) mass is 520 g/mol. The number of fused-ring (bicyclic) bond motifs is 1. The Kier molecular flexibility index (Phi) is 8.25. The van der Waals surface area contributed by atoms with Crippen molar-refractivity contribution in [2.75, 3.05) is 26.9 Å². The Labute approximate surface area is 218 Å². The number of nitrogens with zero attached hydrogens (tertiary/aromatic N) is 2. The van der Waals surface area contributed by atoms with Crippen LogP contribution in [-0.2, 0) is 9.53 Å². The summed E-state index contributed by atoms with van der Waals surface area (Å²) in [4.78, 5) is 31.3. The zero-order valence-corrected chi connectivity index (χ0v) is 21.7. The maximum atomic E-state index is 13.7. The molecule has 9 heteroatoms. The summed E-state index contributed by atoms with van der Waals surface area (Å²) in [5.41, 5.74) is 1.45. The van der Waals surface area contributed by atoms with E-state index < -0.39 is 12.0 Å². The van der Waals surface area contributed by atoms with Crippen LogP contribution in [0, 0.1) is 0 Å². The van der Waals surface area contributed by atoms with Gasteiger partial charge in [-0.25, -0.2) is 9.79 Å². The SMILES string of the molecule is C=CCOc1cccc(/C=c2/sc3n(c2=O)[C@H](c2ccc(OCC)c(OCC)c2)C(C(=O)OC)=CN=3)c1. The maximum absolute atomic E-state index is 13.7. The first-order valence-electron chi connectivity index (χ1n) is 11.8. The third-order valence-electron chi connectivity index (χ3n) is 5.53. The second kappa shape index (κ2) is 11.7. The van der Waals surface area contributed by atoms with E-state index in [4.69, 9.17) is 18.9 Å². The molecule has 37 heavy (non-hydrogen) atoms. The first-order chi connectivity index (χ1) is 18.0. The van der Waals surface area contributed by atoms with Gasteiger partial charge in [-0.3, -0.25) is 9.36 Å². The Morgan fingerprint density at radius 3 is 2.62 bits per heavy atom. The summed E-state index contributed by atoms with van der Waals surface area (Å²) in [6.45, 7) is 8.72. The number of esters is 1. The smallest absolute Gasteiger partial charge is 0.337 e. The van der Waals surface area contributed by atoms with Crippen molar-refractivity contribution in [1.29, 1.82) is 0 Å². The second-order valence-corrected chi connectivity index (χ2v) is 8.93. The largest absolute Gasteiger partial charge is 0.490 e. The lowest BCUT2D eigenvalue weighted by Crippen LogP contribution is -2.39. The molecular formula is C28H28N2O6S. The highest BCUT2D eigenvalue weighted by Gasteiger charge is 2.31. The van der Waals surface area contributed by atoms with Gasteiger partial charge in [0.05, 0.1) is 36.5 Å². The Morgan fingerprint density at radius 1 is 1.11 bits per heavy atom. The highest BCUT2D eigenvalue weighted by molar-refractivity contribution is 7.07. The van der Waals surface area contributed by atoms with Crippen molar-refractivity contribution in [2.45, 2.75) is 19.9 Å². The first kappa shape index (κ1) is 26.0. The fraction of sp³-hybridized carbons (Fsp3) is 0.250. The molecule has 0 N–H and O–H groups in total. The molecule has 2 aromatic carbocycles. The van der Waals surface area contributed by atoms with Crippen molar-refractivity contribution in [2.24, 2.45) is 4.99 Å². The van der Waals surface area contributed by atoms with Crippen LogP contribution in [0.2, 0.25) is 0 Å². The number of benzene rings is 2. The Hall–Kier alpha value is -4.11. The van der Waals surface area contributed by atoms with Crippen LogP contribution in [0.25, 0.3) is 6.08 Å². The molecule has 0 bridgehead atoms. The van der Waals surface area contributed by atoms with Crippen LogP contribution in [-0.4, -0.2) is 37.5 Å². The molecule has 1 aliphatic rings. The summed E-state index contributed by atoms with van der Waals surface area (Å²) in [6.07, 6.45) is 4.92. The van der Waals surface area contributed by atoms with Gasteiger partial charge in [0.1, 0.15) is 12.4 Å². The fourth-order valence-corrected chi connectivity index (χ4v) is 4.96. The van der Waals surface area contributed by atoms with Crippen LogP contribution in [0.4, 0.5) is 0 Å². The molecule has 0 amide bonds. The molecule has 8 nitrogen and oxygen atoms in total. The lowest BCUT2D eigenvalue weighted by molar-refractivity contribution is -0.136. The topological polar surface area (TPSA) is 88.3 Å². The maximum Gasteiger partial charge on any atom is 0.337 e. The number of thiazole rings is 1. The van der Waals surface area contributed by atoms with Crippen molar-refractivity contribution in [3.8, 4) is 17.2 Å². The molecule has 1 aromatic heterocycles. The van der Waals surface area contributed by atoms with Gasteiger partial charge in [-0.15, -0.1) is 0 Å². The van der Waals surface area contributed by atoms with Crippen LogP contribution in [0.5, 0.6) is 17.2 Å². The predicted octanol–water partition coefficient (Wildman–Crippen LogP) is 3.38. The van der Waals surface area contributed by atoms with E-state index in [1.54, 1.807) is 24.3 Å². The quantitative estimate of drug-likeness (QED) is 0.301. The Balaban J connectivity index is 1.85. The highest BCUT2D eigenvalue weighted by atomic mass is 32.1. The second-order valence-electron chi connectivity index (χ2n) is 7.92. The Bertz CT molecular complexity index is 1520. The summed E-state index contributed by atoms with van der Waals surface area (Å²) >= 11 is 1.24. The number of carbonyl (C=O) groups excluding carboxylic acids is 1. The first-order valence-corrected chi connectivity index (χ1v) is 12.6. The fourth-order valence-electron chi connectivity index (χ4n) is 3.99. The van der Waals surface area contributed by atoms with Crippen molar-refractivity contribution in [1.82, 2.24) is 4.57 Å². The van der Waals surface area contributed by atoms with E-state index in [2.05, 4.69) is 11.6 Å². The van der Waals surface area contributed by atoms with E-state index in [1.165, 1.54) is 29.2 Å². The standard InChI is InChI=1S/C28H28N2O6S/c1-5-13-36-20-10-8-9-18(14-20)15-24-26(31)30-25(21(27(32)33-4)17-29-28(30)37-24)19-11-12-22(34-6-2)23(16-19)35-7-3/h5,8-12,14-17,25H,1,6-7,13H2,2-4H3/b24-15+/t25-/m1/s1. The van der Waals surface area contributed by atoms with Crippen LogP contribution >= 0.6 is 11.3 Å². The van der Waals surface area contributed by atoms with Gasteiger partial charge < -0.3 is 18.9 Å². The number of hydrogen-bond acceptors (Lipinski definition) is 8. The van der Waals surface area contributed by atoms with E-state index in [0.29, 0.717) is 52.0 Å². The third-order valence-corrected chi connectivity index (χ3v) is 6.53. The molecule has 0 saturated carbocycles. The molecule has 4 rings (SSSR count). The Morgan fingerprint density at radius 2 is 1.89 bits per heavy atom. The van der Waals surface area contributed by atoms with Crippen molar-refractivity contribution in [3.05, 3.63) is 97.7 Å². The molecule has 192 valence electrons. The van der Waals surface area contributed by atoms with Gasteiger partial charge in [0.15, 0.2) is 16.3 Å². The van der Waals surface area contributed by atoms with Gasteiger partial charge >= 0.3 is 5.97 Å². The normalized spacial score (nSPS) is 14.7. The van der Waals surface area contributed by atoms with Gasteiger partial charge in [-0.05, 0) is 55.3 Å². The van der Waals surface area contributed by atoms with Crippen LogP contribution in [0.15, 0.2) is 76.7 Å². The van der Waals surface area contributed by atoms with Crippen molar-refractivity contribution >= 4 is 23.4 Å². The zero-order valence-electron chi connectivity index (χ0n) is 20.9. The molecule has 0 spiro atoms. The molecule has 1 atom stereocenters. The summed E-state index contributed by atoms with van der Waals surface area (Å²) < 4.78 is 24.1. The van der Waals surface area contributed by atoms with Gasteiger partial charge in [-0.1, -0.05) is 42.2 Å². The van der Waals surface area contributed by atoms with E-state index in [0.717, 1.165) is 5.56 Å². The van der Waals surface area contributed by atoms with E-state index in [1.807, 2.05) is 44.2 Å². The average Bonchev–Trinajstić information content (AvgIpc) is 3.22. The predicted molar refractivity (Wildman–Crippen MR) is 142 cm³/mol. The average molecular weight is 521 g/mol. The lowest BCUT2D eigenvalue weighted by atomic mass is 9.97. The minimum atomic E-state index is -0.747. The summed E-state index contributed by atoms with van der Waals surface area (Å²) in [6, 6.07) is 12.1. The molecular weight excluding hydrogens is 492 g/mol. The molecule has 1 aliphatic heterocycles. The van der Waals surface area contributed by atoms with E-state index in [9.17, 15) is 9.59 Å². The van der Waals surface area contributed by atoms with Crippen molar-refractivity contribution in [3.63, 3.8) is 0 Å². The van der Waals surface area contributed by atoms with Crippen LogP contribution in [0.1, 0.15) is 31.0 Å². The number of carbonyl (C=O) groups is 1. The highest BCUT2D eigenvalue weighted by Crippen LogP contribution is 2.35. The van der Waals surface area contributed by atoms with Crippen LogP contribution < -0.4 is 29.1 Å². The number of methoxy groups -OCH3 is 1. The van der Waals surface area contributed by atoms with Gasteiger partial charge in [0, 0.05) is 6.20 Å². The van der Waals surface area contributed by atoms with Gasteiger partial charge in [0.2, 0.25) is 0 Å². The molecule has 0 unspecified atom stereocenters. The molecule has 0 fully saturated rings. The summed E-state index contributed by atoms with van der Waals surface area (Å²) in [5, 5.41) is 0. The molecule has 0 saturated heterocycles. The van der Waals surface area contributed by atoms with Gasteiger partial charge in [-0.2, -0.15) is 0 Å². The minimum Gasteiger partial charge on any atom is -0.490 e. The molecule has 2 heterocycles. The number of hydrogen-bond donors (Lipinski definition) is 0. The van der Waals surface area contributed by atoms with Crippen molar-refractivity contribution < 1.29 is 23.7 Å². The number of aromatic nitrogens is 1. The molecule has 0 aliphatic carbocycles. The van der Waals surface area contributed by atoms with Gasteiger partial charge in [0.25, 0.3) is 5.56 Å². The molecule has 0 radical (unpaired) electrons. The zero-order chi connectivity index (χ0) is 26.4.